The van der Waals surface area contributed by atoms with Gasteiger partial charge in [0.15, 0.2) is 5.43 Å². The Labute approximate surface area is 178 Å². The molecule has 0 aliphatic carbocycles. The van der Waals surface area contributed by atoms with E-state index in [0.717, 1.165) is 19.3 Å². The summed E-state index contributed by atoms with van der Waals surface area (Å²) in [7, 11) is 1.58. The second-order valence-corrected chi connectivity index (χ2v) is 8.98. The van der Waals surface area contributed by atoms with Crippen LogP contribution in [0.15, 0.2) is 51.2 Å². The van der Waals surface area contributed by atoms with Gasteiger partial charge in [0.1, 0.15) is 16.9 Å². The summed E-state index contributed by atoms with van der Waals surface area (Å²) in [6.07, 6.45) is 8.38. The molecule has 2 aromatic rings. The second kappa shape index (κ2) is 8.31. The second-order valence-electron chi connectivity index (χ2n) is 8.98. The number of methoxy groups -OCH3 is 1. The fourth-order valence-electron chi connectivity index (χ4n) is 3.84. The molecule has 5 nitrogen and oxygen atoms in total. The summed E-state index contributed by atoms with van der Waals surface area (Å²) in [5, 5.41) is 10.3. The molecule has 30 heavy (non-hydrogen) atoms. The van der Waals surface area contributed by atoms with Crippen LogP contribution in [-0.4, -0.2) is 23.4 Å². The van der Waals surface area contributed by atoms with Gasteiger partial charge in [0.2, 0.25) is 0 Å². The Kier molecular flexibility index (Phi) is 6.14. The lowest BCUT2D eigenvalue weighted by molar-refractivity contribution is 0.0637. The molecule has 0 saturated heterocycles. The van der Waals surface area contributed by atoms with Gasteiger partial charge in [0.05, 0.1) is 23.7 Å². The van der Waals surface area contributed by atoms with Gasteiger partial charge in [-0.25, -0.2) is 0 Å². The molecule has 162 valence electrons. The first kappa shape index (κ1) is 22.2. The van der Waals surface area contributed by atoms with Gasteiger partial charge >= 0.3 is 0 Å². The van der Waals surface area contributed by atoms with Gasteiger partial charge in [-0.1, -0.05) is 30.7 Å². The Morgan fingerprint density at radius 2 is 2.10 bits per heavy atom. The zero-order chi connectivity index (χ0) is 22.1. The van der Waals surface area contributed by atoms with Crippen LogP contribution >= 0.6 is 0 Å². The van der Waals surface area contributed by atoms with Crippen molar-refractivity contribution in [3.63, 3.8) is 0 Å². The number of allylic oxidation sites excluding steroid dienone is 3. The molecule has 0 spiro atoms. The highest BCUT2D eigenvalue weighted by molar-refractivity contribution is 5.79. The van der Waals surface area contributed by atoms with E-state index in [0.29, 0.717) is 28.2 Å². The number of aliphatic hydroxyl groups is 1. The summed E-state index contributed by atoms with van der Waals surface area (Å²) in [6, 6.07) is 5.23. The summed E-state index contributed by atoms with van der Waals surface area (Å²) in [6.45, 7) is 9.66. The van der Waals surface area contributed by atoms with Crippen molar-refractivity contribution in [2.24, 2.45) is 0 Å². The molecule has 1 aliphatic rings. The fourth-order valence-corrected chi connectivity index (χ4v) is 3.84. The van der Waals surface area contributed by atoms with E-state index in [-0.39, 0.29) is 11.3 Å². The molecule has 0 unspecified atom stereocenters. The van der Waals surface area contributed by atoms with E-state index in [1.165, 1.54) is 5.57 Å². The van der Waals surface area contributed by atoms with Crippen LogP contribution in [0, 0.1) is 0 Å². The maximum Gasteiger partial charge on any atom is 0.293 e. The van der Waals surface area contributed by atoms with Gasteiger partial charge in [-0.2, -0.15) is 0 Å². The third-order valence-corrected chi connectivity index (χ3v) is 5.87. The maximum absolute atomic E-state index is 13.1. The lowest BCUT2D eigenvalue weighted by Crippen LogP contribution is -2.33. The zero-order valence-electron chi connectivity index (χ0n) is 18.7. The van der Waals surface area contributed by atoms with E-state index in [1.54, 1.807) is 45.2 Å². The van der Waals surface area contributed by atoms with E-state index >= 15 is 0 Å². The Hall–Kier alpha value is -2.53. The average molecular weight is 413 g/mol. The Morgan fingerprint density at radius 3 is 2.77 bits per heavy atom. The quantitative estimate of drug-likeness (QED) is 0.608. The summed E-state index contributed by atoms with van der Waals surface area (Å²) < 4.78 is 17.4. The summed E-state index contributed by atoms with van der Waals surface area (Å²) in [4.78, 5) is 13.1. The van der Waals surface area contributed by atoms with Crippen LogP contribution < -0.4 is 14.9 Å². The number of rotatable bonds is 7. The molecule has 0 amide bonds. The minimum atomic E-state index is -0.792. The highest BCUT2D eigenvalue weighted by atomic mass is 16.6. The molecule has 5 heteroatoms. The minimum absolute atomic E-state index is 0.0337. The third-order valence-electron chi connectivity index (χ3n) is 5.87. The van der Waals surface area contributed by atoms with Crippen molar-refractivity contribution in [2.45, 2.75) is 71.0 Å². The van der Waals surface area contributed by atoms with Crippen molar-refractivity contribution in [3.05, 3.63) is 57.8 Å². The summed E-state index contributed by atoms with van der Waals surface area (Å²) >= 11 is 0. The molecule has 1 aliphatic heterocycles. The molecule has 1 N–H and O–H groups in total. The fraction of sp³-hybridized carbons (Fsp3) is 0.480. The summed E-state index contributed by atoms with van der Waals surface area (Å²) in [5.74, 6) is 0.891. The van der Waals surface area contributed by atoms with E-state index in [9.17, 15) is 9.90 Å². The lowest BCUT2D eigenvalue weighted by Gasteiger charge is -2.27. The van der Waals surface area contributed by atoms with Crippen LogP contribution in [0.25, 0.3) is 11.0 Å². The normalized spacial score (nSPS) is 21.8. The molecule has 0 bridgehead atoms. The van der Waals surface area contributed by atoms with Crippen molar-refractivity contribution >= 4 is 11.0 Å². The van der Waals surface area contributed by atoms with Gasteiger partial charge in [-0.05, 0) is 59.1 Å². The number of benzene rings is 1. The number of hydrogen-bond donors (Lipinski definition) is 1. The van der Waals surface area contributed by atoms with Crippen molar-refractivity contribution in [1.29, 1.82) is 0 Å². The SMILES string of the molecule is COc1ccc2c(=O)c3c(oc2c1)O[C@@](C)(CCC=C(C)CC=CC(C)(C)O)[C@@H]3C. The zero-order valence-corrected chi connectivity index (χ0v) is 18.7. The van der Waals surface area contributed by atoms with Gasteiger partial charge in [0, 0.05) is 12.0 Å². The molecule has 1 aromatic carbocycles. The van der Waals surface area contributed by atoms with Gasteiger partial charge in [0.25, 0.3) is 5.95 Å². The van der Waals surface area contributed by atoms with Crippen LogP contribution in [0.4, 0.5) is 0 Å². The molecular weight excluding hydrogens is 380 g/mol. The smallest absolute Gasteiger partial charge is 0.293 e. The topological polar surface area (TPSA) is 68.9 Å². The van der Waals surface area contributed by atoms with E-state index in [1.807, 2.05) is 19.9 Å². The minimum Gasteiger partial charge on any atom is -0.497 e. The van der Waals surface area contributed by atoms with Crippen molar-refractivity contribution in [3.8, 4) is 11.7 Å². The highest BCUT2D eigenvalue weighted by Gasteiger charge is 2.45. The van der Waals surface area contributed by atoms with Gasteiger partial charge < -0.3 is 19.0 Å². The molecular formula is C25H32O5. The van der Waals surface area contributed by atoms with Crippen molar-refractivity contribution in [1.82, 2.24) is 0 Å². The molecule has 0 radical (unpaired) electrons. The van der Waals surface area contributed by atoms with Crippen LogP contribution in [-0.2, 0) is 0 Å². The van der Waals surface area contributed by atoms with Gasteiger partial charge in [-0.15, -0.1) is 0 Å². The van der Waals surface area contributed by atoms with E-state index in [4.69, 9.17) is 13.9 Å². The number of ether oxygens (including phenoxy) is 2. The predicted molar refractivity (Wildman–Crippen MR) is 120 cm³/mol. The van der Waals surface area contributed by atoms with Crippen LogP contribution in [0.1, 0.15) is 65.4 Å². The first-order valence-electron chi connectivity index (χ1n) is 10.4. The number of fused-ring (bicyclic) bond motifs is 2. The van der Waals surface area contributed by atoms with Gasteiger partial charge in [-0.3, -0.25) is 4.79 Å². The average Bonchev–Trinajstić information content (AvgIpc) is 2.91. The van der Waals surface area contributed by atoms with Crippen molar-refractivity contribution in [2.75, 3.05) is 7.11 Å². The Bertz CT molecular complexity index is 1040. The largest absolute Gasteiger partial charge is 0.497 e. The predicted octanol–water partition coefficient (Wildman–Crippen LogP) is 5.50. The first-order chi connectivity index (χ1) is 14.0. The maximum atomic E-state index is 13.1. The van der Waals surface area contributed by atoms with Crippen LogP contribution in [0.3, 0.4) is 0 Å². The molecule has 3 rings (SSSR count). The van der Waals surface area contributed by atoms with Crippen molar-refractivity contribution < 1.29 is 19.0 Å². The highest BCUT2D eigenvalue weighted by Crippen LogP contribution is 2.46. The van der Waals surface area contributed by atoms with Crippen LogP contribution in [0.2, 0.25) is 0 Å². The first-order valence-corrected chi connectivity index (χ1v) is 10.4. The van der Waals surface area contributed by atoms with E-state index in [2.05, 4.69) is 13.0 Å². The molecule has 0 saturated carbocycles. The van der Waals surface area contributed by atoms with Crippen LogP contribution in [0.5, 0.6) is 11.7 Å². The van der Waals surface area contributed by atoms with E-state index < -0.39 is 11.2 Å². The lowest BCUT2D eigenvalue weighted by atomic mass is 9.83. The molecule has 2 heterocycles. The molecule has 2 atom stereocenters. The summed E-state index contributed by atoms with van der Waals surface area (Å²) in [5.41, 5.74) is 0.988. The standard InChI is InChI=1S/C25H32O5/c1-16(9-7-13-24(3,4)27)10-8-14-25(5)17(2)21-22(26)19-12-11-18(28-6)15-20(19)29-23(21)30-25/h7,10-13,15,17,27H,8-9,14H2,1-6H3/t17-,25+/m1/s1. The Morgan fingerprint density at radius 1 is 1.37 bits per heavy atom. The monoisotopic (exact) mass is 412 g/mol. The number of hydrogen-bond acceptors (Lipinski definition) is 5. The molecule has 0 fully saturated rings. The third kappa shape index (κ3) is 4.62. The Balaban J connectivity index is 1.76. The molecule has 1 aromatic heterocycles.